The molecule has 2 heterocycles. The summed E-state index contributed by atoms with van der Waals surface area (Å²) in [5.74, 6) is 0.587. The van der Waals surface area contributed by atoms with Crippen LogP contribution in [0.25, 0.3) is 11.1 Å². The molecule has 0 amide bonds. The van der Waals surface area contributed by atoms with Crippen LogP contribution in [0.2, 0.25) is 0 Å². The number of hydrogen-bond acceptors (Lipinski definition) is 3. The average Bonchev–Trinajstić information content (AvgIpc) is 2.42. The Hall–Kier alpha value is -1.58. The zero-order valence-corrected chi connectivity index (χ0v) is 7.79. The SMILES string of the molecule is Cc1nc2cn(C)c(=O)c(C)c2o1. The maximum atomic E-state index is 11.5. The Labute approximate surface area is 74.8 Å². The van der Waals surface area contributed by atoms with Crippen LogP contribution in [-0.2, 0) is 7.05 Å². The van der Waals surface area contributed by atoms with Crippen LogP contribution in [0, 0.1) is 13.8 Å². The molecule has 2 rings (SSSR count). The lowest BCUT2D eigenvalue weighted by Crippen LogP contribution is -2.18. The standard InChI is InChI=1S/C9H10N2O2/c1-5-8-7(10-6(2)13-8)4-11(3)9(5)12/h4H,1-3H3. The van der Waals surface area contributed by atoms with E-state index in [0.717, 1.165) is 5.52 Å². The predicted molar refractivity (Wildman–Crippen MR) is 48.7 cm³/mol. The molecular formula is C9H10N2O2. The van der Waals surface area contributed by atoms with Gasteiger partial charge in [-0.15, -0.1) is 0 Å². The topological polar surface area (TPSA) is 48.0 Å². The summed E-state index contributed by atoms with van der Waals surface area (Å²) in [6.45, 7) is 3.51. The summed E-state index contributed by atoms with van der Waals surface area (Å²) in [5.41, 5.74) is 1.90. The number of aryl methyl sites for hydroxylation is 3. The second-order valence-corrected chi connectivity index (χ2v) is 3.12. The summed E-state index contributed by atoms with van der Waals surface area (Å²) in [5, 5.41) is 0. The molecule has 0 spiro atoms. The lowest BCUT2D eigenvalue weighted by Gasteiger charge is -1.97. The fourth-order valence-electron chi connectivity index (χ4n) is 1.40. The van der Waals surface area contributed by atoms with Gasteiger partial charge < -0.3 is 8.98 Å². The Morgan fingerprint density at radius 1 is 1.46 bits per heavy atom. The lowest BCUT2D eigenvalue weighted by molar-refractivity contribution is 0.558. The van der Waals surface area contributed by atoms with Gasteiger partial charge in [-0.3, -0.25) is 4.79 Å². The highest BCUT2D eigenvalue weighted by Gasteiger charge is 2.09. The highest BCUT2D eigenvalue weighted by molar-refractivity contribution is 5.74. The Morgan fingerprint density at radius 3 is 2.85 bits per heavy atom. The number of oxazole rings is 1. The highest BCUT2D eigenvalue weighted by Crippen LogP contribution is 2.15. The van der Waals surface area contributed by atoms with Crippen LogP contribution in [0.1, 0.15) is 11.5 Å². The van der Waals surface area contributed by atoms with Crippen LogP contribution in [0.3, 0.4) is 0 Å². The summed E-state index contributed by atoms with van der Waals surface area (Å²) >= 11 is 0. The molecule has 0 aliphatic carbocycles. The molecule has 2 aromatic rings. The van der Waals surface area contributed by atoms with E-state index in [0.29, 0.717) is 17.0 Å². The third kappa shape index (κ3) is 1.06. The molecule has 0 fully saturated rings. The van der Waals surface area contributed by atoms with Crippen molar-refractivity contribution < 1.29 is 4.42 Å². The Kier molecular flexibility index (Phi) is 1.52. The van der Waals surface area contributed by atoms with Crippen molar-refractivity contribution >= 4 is 11.1 Å². The largest absolute Gasteiger partial charge is 0.440 e. The van der Waals surface area contributed by atoms with Crippen molar-refractivity contribution in [1.82, 2.24) is 9.55 Å². The van der Waals surface area contributed by atoms with Gasteiger partial charge in [0.1, 0.15) is 5.52 Å². The average molecular weight is 178 g/mol. The first-order valence-corrected chi connectivity index (χ1v) is 4.03. The summed E-state index contributed by atoms with van der Waals surface area (Å²) in [6.07, 6.45) is 1.68. The van der Waals surface area contributed by atoms with E-state index in [1.54, 1.807) is 27.1 Å². The molecule has 0 saturated heterocycles. The van der Waals surface area contributed by atoms with Crippen LogP contribution in [0.15, 0.2) is 15.4 Å². The van der Waals surface area contributed by atoms with Gasteiger partial charge in [-0.05, 0) is 6.92 Å². The number of aromatic nitrogens is 2. The van der Waals surface area contributed by atoms with Crippen LogP contribution in [0.5, 0.6) is 0 Å². The molecule has 0 aliphatic heterocycles. The normalized spacial score (nSPS) is 11.0. The van der Waals surface area contributed by atoms with Gasteiger partial charge >= 0.3 is 0 Å². The minimum absolute atomic E-state index is 0.0383. The van der Waals surface area contributed by atoms with Gasteiger partial charge in [0.15, 0.2) is 11.5 Å². The number of pyridine rings is 1. The molecule has 13 heavy (non-hydrogen) atoms. The fourth-order valence-corrected chi connectivity index (χ4v) is 1.40. The van der Waals surface area contributed by atoms with Crippen molar-refractivity contribution in [2.75, 3.05) is 0 Å². The Morgan fingerprint density at radius 2 is 2.15 bits per heavy atom. The van der Waals surface area contributed by atoms with E-state index < -0.39 is 0 Å². The summed E-state index contributed by atoms with van der Waals surface area (Å²) < 4.78 is 6.82. The molecular weight excluding hydrogens is 168 g/mol. The van der Waals surface area contributed by atoms with Crippen LogP contribution in [-0.4, -0.2) is 9.55 Å². The molecule has 0 aromatic carbocycles. The minimum atomic E-state index is -0.0383. The molecule has 4 heteroatoms. The molecule has 4 nitrogen and oxygen atoms in total. The van der Waals surface area contributed by atoms with Gasteiger partial charge in [-0.1, -0.05) is 0 Å². The van der Waals surface area contributed by atoms with E-state index in [2.05, 4.69) is 4.98 Å². The van der Waals surface area contributed by atoms with Crippen LogP contribution >= 0.6 is 0 Å². The summed E-state index contributed by atoms with van der Waals surface area (Å²) in [4.78, 5) is 15.6. The number of nitrogens with zero attached hydrogens (tertiary/aromatic N) is 2. The first kappa shape index (κ1) is 8.04. The van der Waals surface area contributed by atoms with Crippen molar-refractivity contribution in [3.05, 3.63) is 28.0 Å². The first-order valence-electron chi connectivity index (χ1n) is 4.03. The quantitative estimate of drug-likeness (QED) is 0.607. The monoisotopic (exact) mass is 178 g/mol. The van der Waals surface area contributed by atoms with Gasteiger partial charge in [0.2, 0.25) is 0 Å². The zero-order valence-electron chi connectivity index (χ0n) is 7.79. The van der Waals surface area contributed by atoms with Crippen molar-refractivity contribution in [3.8, 4) is 0 Å². The van der Waals surface area contributed by atoms with E-state index in [1.165, 1.54) is 4.57 Å². The molecule has 0 aliphatic rings. The smallest absolute Gasteiger partial charge is 0.257 e. The van der Waals surface area contributed by atoms with Gasteiger partial charge in [-0.2, -0.15) is 0 Å². The van der Waals surface area contributed by atoms with Gasteiger partial charge in [0.05, 0.1) is 5.56 Å². The second kappa shape index (κ2) is 2.45. The minimum Gasteiger partial charge on any atom is -0.440 e. The van der Waals surface area contributed by atoms with E-state index in [-0.39, 0.29) is 5.56 Å². The number of hydrogen-bond donors (Lipinski definition) is 0. The molecule has 68 valence electrons. The maximum Gasteiger partial charge on any atom is 0.257 e. The maximum absolute atomic E-state index is 11.5. The molecule has 0 saturated carbocycles. The molecule has 0 N–H and O–H groups in total. The van der Waals surface area contributed by atoms with Crippen LogP contribution in [0.4, 0.5) is 0 Å². The third-order valence-corrected chi connectivity index (χ3v) is 2.06. The van der Waals surface area contributed by atoms with Gasteiger partial charge in [-0.25, -0.2) is 4.98 Å². The van der Waals surface area contributed by atoms with Crippen molar-refractivity contribution in [3.63, 3.8) is 0 Å². The molecule has 0 radical (unpaired) electrons. The van der Waals surface area contributed by atoms with Crippen molar-refractivity contribution in [1.29, 1.82) is 0 Å². The van der Waals surface area contributed by atoms with E-state index in [4.69, 9.17) is 4.42 Å². The first-order chi connectivity index (χ1) is 6.09. The van der Waals surface area contributed by atoms with Crippen LogP contribution < -0.4 is 5.56 Å². The number of fused-ring (bicyclic) bond motifs is 1. The predicted octanol–water partition coefficient (Wildman–Crippen LogP) is 1.14. The van der Waals surface area contributed by atoms with E-state index in [1.807, 2.05) is 0 Å². The van der Waals surface area contributed by atoms with Crippen molar-refractivity contribution in [2.45, 2.75) is 13.8 Å². The zero-order chi connectivity index (χ0) is 9.59. The Bertz CT molecular complexity index is 522. The molecule has 0 unspecified atom stereocenters. The Balaban J connectivity index is 3.01. The molecule has 0 atom stereocenters. The van der Waals surface area contributed by atoms with E-state index >= 15 is 0 Å². The summed E-state index contributed by atoms with van der Waals surface area (Å²) in [7, 11) is 1.71. The molecule has 0 bridgehead atoms. The summed E-state index contributed by atoms with van der Waals surface area (Å²) in [6, 6.07) is 0. The highest BCUT2D eigenvalue weighted by atomic mass is 16.3. The van der Waals surface area contributed by atoms with Gasteiger partial charge in [0.25, 0.3) is 5.56 Å². The second-order valence-electron chi connectivity index (χ2n) is 3.12. The van der Waals surface area contributed by atoms with E-state index in [9.17, 15) is 4.79 Å². The third-order valence-electron chi connectivity index (χ3n) is 2.06. The lowest BCUT2D eigenvalue weighted by atomic mass is 10.3. The number of rotatable bonds is 0. The molecule has 2 aromatic heterocycles. The van der Waals surface area contributed by atoms with Crippen molar-refractivity contribution in [2.24, 2.45) is 7.05 Å². The van der Waals surface area contributed by atoms with Gasteiger partial charge in [0, 0.05) is 20.2 Å². The fraction of sp³-hybridized carbons (Fsp3) is 0.333.